The van der Waals surface area contributed by atoms with Crippen LogP contribution in [0.2, 0.25) is 0 Å². The molecule has 17 rings (SSSR count). The predicted molar refractivity (Wildman–Crippen MR) is 372 cm³/mol. The summed E-state index contributed by atoms with van der Waals surface area (Å²) in [7, 11) is -2.72. The number of aliphatic hydroxyl groups excluding tert-OH is 2. The second-order valence-electron chi connectivity index (χ2n) is 29.6. The van der Waals surface area contributed by atoms with Gasteiger partial charge in [0.2, 0.25) is 5.72 Å². The molecule has 15 atom stereocenters. The van der Waals surface area contributed by atoms with Gasteiger partial charge >= 0.3 is 0 Å². The van der Waals surface area contributed by atoms with E-state index in [0.29, 0.717) is 61.8 Å². The number of aryl methyl sites for hydroxylation is 3. The van der Waals surface area contributed by atoms with Crippen LogP contribution in [0.15, 0.2) is 150 Å². The molecule has 5 aliphatic carbocycles. The van der Waals surface area contributed by atoms with Gasteiger partial charge < -0.3 is 46.7 Å². The number of hydrogen-bond acceptors (Lipinski definition) is 10. The Morgan fingerprint density at radius 2 is 1.61 bits per heavy atom. The van der Waals surface area contributed by atoms with Crippen molar-refractivity contribution in [2.24, 2.45) is 46.0 Å². The Morgan fingerprint density at radius 3 is 2.41 bits per heavy atom. The van der Waals surface area contributed by atoms with Gasteiger partial charge in [0.15, 0.2) is 5.96 Å². The number of ether oxygens (including phenoxy) is 2. The van der Waals surface area contributed by atoms with Crippen LogP contribution < -0.4 is 21.5 Å². The molecule has 0 aromatic heterocycles. The largest absolute Gasteiger partial charge is 0.508 e. The van der Waals surface area contributed by atoms with E-state index in [2.05, 4.69) is 109 Å². The van der Waals surface area contributed by atoms with Gasteiger partial charge in [-0.15, -0.1) is 0 Å². The molecule has 0 radical (unpaired) electrons. The van der Waals surface area contributed by atoms with Crippen molar-refractivity contribution in [3.05, 3.63) is 223 Å². The number of hydrogen-bond donors (Lipinski definition) is 8. The third kappa shape index (κ3) is 12.1. The fourth-order valence-corrected chi connectivity index (χ4v) is 20.5. The Hall–Kier alpha value is -7.32. The summed E-state index contributed by atoms with van der Waals surface area (Å²) >= 11 is 0. The predicted octanol–water partition coefficient (Wildman–Crippen LogP) is 13.2. The van der Waals surface area contributed by atoms with Gasteiger partial charge in [-0.05, 0) is 253 Å². The molecule has 95 heavy (non-hydrogen) atoms. The summed E-state index contributed by atoms with van der Waals surface area (Å²) in [6.07, 6.45) is 11.1. The molecule has 10 bridgehead atoms. The Morgan fingerprint density at radius 1 is 0.821 bits per heavy atom. The third-order valence-electron chi connectivity index (χ3n) is 23.9. The molecule has 5 heterocycles. The number of rotatable bonds is 11. The number of allylic oxidation sites excluding steroid dienone is 1. The maximum Gasteiger partial charge on any atom is 0.268 e. The first-order valence-corrected chi connectivity index (χ1v) is 36.5. The number of aromatic hydroxyl groups is 1. The van der Waals surface area contributed by atoms with Gasteiger partial charge in [-0.3, -0.25) is 4.55 Å². The minimum Gasteiger partial charge on any atom is -0.508 e. The van der Waals surface area contributed by atoms with Crippen molar-refractivity contribution in [3.63, 3.8) is 0 Å². The van der Waals surface area contributed by atoms with E-state index in [0.717, 1.165) is 96.9 Å². The Bertz CT molecular complexity index is 4330. The first-order chi connectivity index (χ1) is 45.9. The highest BCUT2D eigenvalue weighted by Crippen LogP contribution is 2.57. The Balaban J connectivity index is 0.834. The van der Waals surface area contributed by atoms with Crippen molar-refractivity contribution in [1.29, 1.82) is 0 Å². The smallest absolute Gasteiger partial charge is 0.268 e. The summed E-state index contributed by atoms with van der Waals surface area (Å²) in [5.41, 5.74) is 26.2. The van der Waals surface area contributed by atoms with E-state index in [9.17, 15) is 33.4 Å². The second kappa shape index (κ2) is 25.6. The molecule has 1 saturated heterocycles. The molecule has 10 aliphatic rings. The normalized spacial score (nSPS) is 30.1. The highest BCUT2D eigenvalue weighted by atomic mass is 32.2. The van der Waals surface area contributed by atoms with Gasteiger partial charge in [-0.1, -0.05) is 128 Å². The number of aliphatic hydroxyl groups is 3. The molecule has 15 unspecified atom stereocenters. The topological polar surface area (TPSA) is 230 Å². The van der Waals surface area contributed by atoms with E-state index in [-0.39, 0.29) is 72.8 Å². The molecule has 10 N–H and O–H groups in total. The number of nitrogens with one attached hydrogen (secondary N) is 1. The minimum atomic E-state index is -4.72. The molecule has 14 heteroatoms. The number of nitrogens with zero attached hydrogens (tertiary/aromatic N) is 1. The van der Waals surface area contributed by atoms with E-state index in [1.165, 1.54) is 44.2 Å². The third-order valence-corrected chi connectivity index (χ3v) is 25.1. The molecular weight excluding hydrogens is 1200 g/mol. The van der Waals surface area contributed by atoms with Crippen LogP contribution in [0.4, 0.5) is 0 Å². The lowest BCUT2D eigenvalue weighted by Gasteiger charge is -2.46. The zero-order valence-corrected chi connectivity index (χ0v) is 55.4. The number of nitrogens with two attached hydrogens (primary N) is 2. The maximum absolute atomic E-state index is 14.6. The molecule has 7 aromatic carbocycles. The zero-order valence-electron chi connectivity index (χ0n) is 54.6. The number of phenolic OH excluding ortho intramolecular Hbond substituents is 1. The van der Waals surface area contributed by atoms with Gasteiger partial charge in [-0.2, -0.15) is 8.42 Å². The fourth-order valence-electron chi connectivity index (χ4n) is 19.4. The average Bonchev–Trinajstić information content (AvgIpc) is 1.57. The van der Waals surface area contributed by atoms with Crippen molar-refractivity contribution in [2.45, 2.75) is 181 Å². The van der Waals surface area contributed by atoms with Gasteiger partial charge in [0.05, 0.1) is 23.1 Å². The van der Waals surface area contributed by atoms with Crippen molar-refractivity contribution in [1.82, 2.24) is 5.32 Å². The first-order valence-electron chi connectivity index (χ1n) is 35.0. The minimum absolute atomic E-state index is 0.00322. The second-order valence-corrected chi connectivity index (χ2v) is 31.2. The van der Waals surface area contributed by atoms with E-state index in [1.807, 2.05) is 49.5 Å². The first kappa shape index (κ1) is 63.7. The van der Waals surface area contributed by atoms with Crippen LogP contribution in [0.5, 0.6) is 11.5 Å². The van der Waals surface area contributed by atoms with Crippen molar-refractivity contribution in [3.8, 4) is 23.3 Å². The van der Waals surface area contributed by atoms with Crippen LogP contribution in [0.3, 0.4) is 0 Å². The van der Waals surface area contributed by atoms with Crippen molar-refractivity contribution >= 4 is 26.9 Å². The molecule has 494 valence electrons. The Labute approximate surface area is 559 Å². The summed E-state index contributed by atoms with van der Waals surface area (Å²) in [5.74, 6) is 4.90. The SMILES string of the molecule is CNCc1cc2cccc3c2c2c1CCc1cc(C4CCCC(O)(C(Cc5ccccc5)CC5(N=C(N)N)Oc6ccc7c(c6)CCC(C)C7CC(S(=O)(=O)O)C6C=C7CC(CC8CC(CO)CC#Cc9cc(O)ccc9C7O8)C6c6ccc5cc6)C4)ccc1C(O)C2CC3. The number of fused-ring (bicyclic) bond motifs is 9. The van der Waals surface area contributed by atoms with Crippen LogP contribution in [-0.2, 0) is 59.2 Å². The number of benzene rings is 7. The highest BCUT2D eigenvalue weighted by Gasteiger charge is 2.52. The maximum atomic E-state index is 14.6. The summed E-state index contributed by atoms with van der Waals surface area (Å²) in [6.45, 7) is 2.85. The fraction of sp³-hybridized carbons (Fsp3) is 0.444. The summed E-state index contributed by atoms with van der Waals surface area (Å²) in [5, 5.41) is 53.1. The van der Waals surface area contributed by atoms with Crippen LogP contribution in [0.25, 0.3) is 10.8 Å². The van der Waals surface area contributed by atoms with Crippen molar-refractivity contribution < 1.29 is 42.9 Å². The summed E-state index contributed by atoms with van der Waals surface area (Å²) in [6, 6.07) is 45.5. The average molecular weight is 1300 g/mol. The molecule has 0 spiro atoms. The number of aliphatic imine (C=N–C) groups is 1. The molecule has 2 fully saturated rings. The number of guanidine groups is 1. The quantitative estimate of drug-likeness (QED) is 0.0199. The van der Waals surface area contributed by atoms with Crippen LogP contribution in [0, 0.1) is 41.4 Å². The number of phenols is 1. The molecule has 7 aromatic rings. The van der Waals surface area contributed by atoms with Gasteiger partial charge in [0.1, 0.15) is 17.6 Å². The van der Waals surface area contributed by atoms with E-state index in [4.69, 9.17) is 25.9 Å². The summed E-state index contributed by atoms with van der Waals surface area (Å²) < 4.78 is 55.9. The van der Waals surface area contributed by atoms with Crippen molar-refractivity contribution in [2.75, 3.05) is 13.7 Å². The molecular formula is C81H90N4O9S. The van der Waals surface area contributed by atoms with E-state index < -0.39 is 56.7 Å². The molecule has 13 nitrogen and oxygen atoms in total. The monoisotopic (exact) mass is 1290 g/mol. The molecule has 0 amide bonds. The lowest BCUT2D eigenvalue weighted by Crippen LogP contribution is -2.48. The summed E-state index contributed by atoms with van der Waals surface area (Å²) in [4.78, 5) is 5.25. The molecule has 5 aliphatic heterocycles. The highest BCUT2D eigenvalue weighted by molar-refractivity contribution is 7.86. The van der Waals surface area contributed by atoms with Gasteiger partial charge in [0, 0.05) is 54.5 Å². The zero-order chi connectivity index (χ0) is 65.5. The van der Waals surface area contributed by atoms with E-state index >= 15 is 0 Å². The Kier molecular flexibility index (Phi) is 17.2. The van der Waals surface area contributed by atoms with Gasteiger partial charge in [0.25, 0.3) is 10.1 Å². The molecule has 1 saturated carbocycles. The van der Waals surface area contributed by atoms with Crippen LogP contribution in [-0.4, -0.2) is 70.0 Å². The van der Waals surface area contributed by atoms with E-state index in [1.54, 1.807) is 12.1 Å². The van der Waals surface area contributed by atoms with Crippen LogP contribution >= 0.6 is 0 Å². The standard InChI is InChI=1S/C81H90N4O9S/c1-47-16-17-55-39-64-26-31-66(55)71(47)42-73(95(90,91)92)72-41-59-37-58(40-65-34-49(46-86)11-6-13-53-38-63(87)25-30-69(53)78(59)93-65)74(72)51-18-23-61(24-19-51)81(94-64,85-79(82)83)44-62(33-48-9-4-3-5-10-48)80(89)32-8-15-57(43-80)52-21-28-68-54(35-52)22-27-67-60(45-84-2)36-56-14-7-12-50-20-29-70(77(68)88)76(67)75(50)56/h3-5,7,9-10,12,14,18-19,21,23-26,28,30-31,35-36,38-39,41,47,49,57-58,62,65,70-74,77-78,84,86-89H,8,11,15-17,20,22,27,29,32-34,37,40,42-46H2,1-2H3,(H4,82,83,85)(H,90,91,92). The lowest BCUT2D eigenvalue weighted by molar-refractivity contribution is -0.0834. The van der Waals surface area contributed by atoms with Gasteiger partial charge in [-0.25, -0.2) is 4.99 Å². The van der Waals surface area contributed by atoms with Crippen LogP contribution in [0.1, 0.15) is 198 Å². The lowest BCUT2D eigenvalue weighted by atomic mass is 9.64.